The van der Waals surface area contributed by atoms with Crippen molar-refractivity contribution in [1.29, 1.82) is 0 Å². The molecular weight excluding hydrogens is 344 g/mol. The predicted molar refractivity (Wildman–Crippen MR) is 98.5 cm³/mol. The molecule has 0 saturated heterocycles. The summed E-state index contributed by atoms with van der Waals surface area (Å²) in [5, 5.41) is 15.5. The largest absolute Gasteiger partial charge is 0.478 e. The second kappa shape index (κ2) is 7.03. The molecule has 7 heteroatoms. The number of aryl methyl sites for hydroxylation is 1. The van der Waals surface area contributed by atoms with Gasteiger partial charge in [0.1, 0.15) is 5.00 Å². The maximum Gasteiger partial charge on any atom is 0.339 e. The van der Waals surface area contributed by atoms with Crippen LogP contribution in [0.15, 0.2) is 5.38 Å². The van der Waals surface area contributed by atoms with Crippen LogP contribution in [0.2, 0.25) is 0 Å². The number of aromatic carboxylic acids is 1. The highest BCUT2D eigenvalue weighted by Gasteiger charge is 2.23. The van der Waals surface area contributed by atoms with Crippen molar-refractivity contribution in [2.45, 2.75) is 52.9 Å². The molecule has 0 saturated carbocycles. The van der Waals surface area contributed by atoms with Crippen molar-refractivity contribution < 1.29 is 14.7 Å². The van der Waals surface area contributed by atoms with Crippen molar-refractivity contribution in [1.82, 2.24) is 4.98 Å². The average Bonchev–Trinajstić information content (AvgIpc) is 3.02. The van der Waals surface area contributed by atoms with E-state index in [0.717, 1.165) is 15.4 Å². The number of carboxylic acids is 1. The molecule has 0 radical (unpaired) electrons. The highest BCUT2D eigenvalue weighted by atomic mass is 32.1. The minimum atomic E-state index is -1.00. The minimum absolute atomic E-state index is 0.0449. The van der Waals surface area contributed by atoms with Crippen molar-refractivity contribution in [2.24, 2.45) is 0 Å². The Morgan fingerprint density at radius 1 is 1.33 bits per heavy atom. The number of rotatable bonds is 5. The summed E-state index contributed by atoms with van der Waals surface area (Å²) < 4.78 is 0. The van der Waals surface area contributed by atoms with Gasteiger partial charge in [-0.2, -0.15) is 0 Å². The third kappa shape index (κ3) is 4.02. The van der Waals surface area contributed by atoms with Crippen LogP contribution in [0.4, 0.5) is 5.00 Å². The molecule has 0 aliphatic heterocycles. The summed E-state index contributed by atoms with van der Waals surface area (Å²) in [6.45, 7) is 10.0. The second-order valence-electron chi connectivity index (χ2n) is 6.62. The number of hydrogen-bond acceptors (Lipinski definition) is 5. The van der Waals surface area contributed by atoms with Gasteiger partial charge in [-0.3, -0.25) is 4.79 Å². The normalized spacial score (nSPS) is 11.5. The summed E-state index contributed by atoms with van der Waals surface area (Å²) in [4.78, 5) is 29.2. The lowest BCUT2D eigenvalue weighted by Gasteiger charge is -2.13. The van der Waals surface area contributed by atoms with Crippen molar-refractivity contribution >= 4 is 39.6 Å². The van der Waals surface area contributed by atoms with E-state index >= 15 is 0 Å². The van der Waals surface area contributed by atoms with E-state index in [0.29, 0.717) is 17.1 Å². The molecule has 0 spiro atoms. The summed E-state index contributed by atoms with van der Waals surface area (Å²) in [6, 6.07) is 0. The van der Waals surface area contributed by atoms with Crippen LogP contribution in [0.1, 0.15) is 59.2 Å². The SMILES string of the molecule is CCc1c(C)sc(NC(=O)Cc2csc(C(C)(C)C)n2)c1C(=O)O. The highest BCUT2D eigenvalue weighted by molar-refractivity contribution is 7.16. The number of carbonyl (C=O) groups is 2. The fourth-order valence-electron chi connectivity index (χ4n) is 2.39. The highest BCUT2D eigenvalue weighted by Crippen LogP contribution is 2.33. The molecular formula is C17H22N2O3S2. The zero-order valence-corrected chi connectivity index (χ0v) is 16.2. The van der Waals surface area contributed by atoms with Gasteiger partial charge in [-0.1, -0.05) is 27.7 Å². The number of anilines is 1. The average molecular weight is 367 g/mol. The molecule has 0 atom stereocenters. The van der Waals surface area contributed by atoms with Gasteiger partial charge in [-0.15, -0.1) is 22.7 Å². The van der Waals surface area contributed by atoms with Gasteiger partial charge in [-0.25, -0.2) is 9.78 Å². The fourth-order valence-corrected chi connectivity index (χ4v) is 4.45. The van der Waals surface area contributed by atoms with Gasteiger partial charge in [0.05, 0.1) is 22.7 Å². The molecule has 130 valence electrons. The Kier molecular flexibility index (Phi) is 5.45. The molecule has 0 bridgehead atoms. The molecule has 2 aromatic rings. The lowest BCUT2D eigenvalue weighted by Crippen LogP contribution is -2.16. The molecule has 0 aliphatic rings. The molecule has 2 N–H and O–H groups in total. The molecule has 0 fully saturated rings. The number of carboxylic acid groups (broad SMARTS) is 1. The zero-order chi connectivity index (χ0) is 18.1. The summed E-state index contributed by atoms with van der Waals surface area (Å²) >= 11 is 2.85. The first-order valence-electron chi connectivity index (χ1n) is 7.73. The molecule has 5 nitrogen and oxygen atoms in total. The van der Waals surface area contributed by atoms with Gasteiger partial charge >= 0.3 is 5.97 Å². The maximum atomic E-state index is 12.3. The van der Waals surface area contributed by atoms with Crippen LogP contribution >= 0.6 is 22.7 Å². The van der Waals surface area contributed by atoms with Gasteiger partial charge in [0.25, 0.3) is 0 Å². The molecule has 24 heavy (non-hydrogen) atoms. The topological polar surface area (TPSA) is 79.3 Å². The van der Waals surface area contributed by atoms with Crippen molar-refractivity contribution in [3.8, 4) is 0 Å². The molecule has 1 amide bonds. The van der Waals surface area contributed by atoms with E-state index in [1.54, 1.807) is 11.3 Å². The smallest absolute Gasteiger partial charge is 0.339 e. The number of hydrogen-bond donors (Lipinski definition) is 2. The van der Waals surface area contributed by atoms with E-state index in [1.807, 2.05) is 19.2 Å². The molecule has 2 aromatic heterocycles. The Hall–Kier alpha value is -1.73. The Balaban J connectivity index is 2.16. The van der Waals surface area contributed by atoms with Gasteiger partial charge in [0.2, 0.25) is 5.91 Å². The number of thiazole rings is 1. The van der Waals surface area contributed by atoms with Crippen molar-refractivity contribution in [3.63, 3.8) is 0 Å². The van der Waals surface area contributed by atoms with E-state index in [9.17, 15) is 14.7 Å². The number of carbonyl (C=O) groups excluding carboxylic acids is 1. The van der Waals surface area contributed by atoms with Crippen LogP contribution < -0.4 is 5.32 Å². The Bertz CT molecular complexity index is 769. The summed E-state index contributed by atoms with van der Waals surface area (Å²) in [5.41, 5.74) is 1.66. The van der Waals surface area contributed by atoms with Gasteiger partial charge in [-0.05, 0) is 18.9 Å². The van der Waals surface area contributed by atoms with Crippen LogP contribution in [0.25, 0.3) is 0 Å². The third-order valence-corrected chi connectivity index (χ3v) is 5.94. The summed E-state index contributed by atoms with van der Waals surface area (Å²) in [6.07, 6.45) is 0.769. The van der Waals surface area contributed by atoms with E-state index in [-0.39, 0.29) is 23.3 Å². The Labute approximate surface area is 149 Å². The first-order chi connectivity index (χ1) is 11.1. The number of aromatic nitrogens is 1. The van der Waals surface area contributed by atoms with Gasteiger partial charge in [0.15, 0.2) is 0 Å². The predicted octanol–water partition coefficient (Wildman–Crippen LogP) is 4.25. The molecule has 2 rings (SSSR count). The van der Waals surface area contributed by atoms with E-state index in [1.165, 1.54) is 11.3 Å². The minimum Gasteiger partial charge on any atom is -0.478 e. The Morgan fingerprint density at radius 2 is 2.00 bits per heavy atom. The monoisotopic (exact) mass is 366 g/mol. The summed E-state index contributed by atoms with van der Waals surface area (Å²) in [5.74, 6) is -1.25. The first-order valence-corrected chi connectivity index (χ1v) is 9.43. The standard InChI is InChI=1S/C17H22N2O3S2/c1-6-11-9(2)24-14(13(11)15(21)22)19-12(20)7-10-8-23-16(18-10)17(3,4)5/h8H,6-7H2,1-5H3,(H,19,20)(H,21,22). The fraction of sp³-hybridized carbons (Fsp3) is 0.471. The van der Waals surface area contributed by atoms with E-state index in [2.05, 4.69) is 31.1 Å². The molecule has 0 aromatic carbocycles. The molecule has 0 aliphatic carbocycles. The van der Waals surface area contributed by atoms with Crippen LogP contribution in [0.3, 0.4) is 0 Å². The lowest BCUT2D eigenvalue weighted by molar-refractivity contribution is -0.115. The second-order valence-corrected chi connectivity index (χ2v) is 8.70. The lowest BCUT2D eigenvalue weighted by atomic mass is 9.98. The van der Waals surface area contributed by atoms with E-state index < -0.39 is 5.97 Å². The molecule has 0 unspecified atom stereocenters. The van der Waals surface area contributed by atoms with Crippen LogP contribution in [-0.2, 0) is 23.1 Å². The number of nitrogens with one attached hydrogen (secondary N) is 1. The Morgan fingerprint density at radius 3 is 2.50 bits per heavy atom. The van der Waals surface area contributed by atoms with Crippen molar-refractivity contribution in [3.05, 3.63) is 32.1 Å². The van der Waals surface area contributed by atoms with Crippen LogP contribution in [-0.4, -0.2) is 22.0 Å². The van der Waals surface area contributed by atoms with Crippen LogP contribution in [0, 0.1) is 6.92 Å². The first kappa shape index (κ1) is 18.6. The zero-order valence-electron chi connectivity index (χ0n) is 14.5. The summed E-state index contributed by atoms with van der Waals surface area (Å²) in [7, 11) is 0. The number of amides is 1. The van der Waals surface area contributed by atoms with Crippen molar-refractivity contribution in [2.75, 3.05) is 5.32 Å². The molecule has 2 heterocycles. The van der Waals surface area contributed by atoms with Gasteiger partial charge in [0, 0.05) is 15.7 Å². The van der Waals surface area contributed by atoms with E-state index in [4.69, 9.17) is 0 Å². The maximum absolute atomic E-state index is 12.3. The quantitative estimate of drug-likeness (QED) is 0.829. The number of thiophene rings is 1. The number of nitrogens with zero attached hydrogens (tertiary/aromatic N) is 1. The third-order valence-electron chi connectivity index (χ3n) is 3.56. The van der Waals surface area contributed by atoms with Crippen LogP contribution in [0.5, 0.6) is 0 Å². The van der Waals surface area contributed by atoms with Gasteiger partial charge < -0.3 is 10.4 Å².